The number of ether oxygens (including phenoxy) is 3. The molecule has 0 unspecified atom stereocenters. The number of hydrogen-bond donors (Lipinski definition) is 2. The molecule has 1 aromatic heterocycles. The molecule has 192 valence electrons. The molecule has 0 spiro atoms. The second-order valence-electron chi connectivity index (χ2n) is 7.11. The van der Waals surface area contributed by atoms with Crippen molar-refractivity contribution in [2.24, 2.45) is 12.8 Å². The first kappa shape index (κ1) is 26.8. The highest BCUT2D eigenvalue weighted by Crippen LogP contribution is 2.37. The summed E-state index contributed by atoms with van der Waals surface area (Å²) in [6.07, 6.45) is -3.89. The fourth-order valence-electron chi connectivity index (χ4n) is 3.14. The fourth-order valence-corrected chi connectivity index (χ4v) is 3.41. The van der Waals surface area contributed by atoms with Gasteiger partial charge in [-0.25, -0.2) is 9.18 Å². The summed E-state index contributed by atoms with van der Waals surface area (Å²) in [7, 11) is 2.59. The molecule has 2 aromatic carbocycles. The molecule has 3 aromatic rings. The van der Waals surface area contributed by atoms with E-state index in [1.165, 1.54) is 23.0 Å². The maximum Gasteiger partial charge on any atom is 0.491 e. The van der Waals surface area contributed by atoms with E-state index < -0.39 is 40.9 Å². The molecular formula is C22H19ClF4N4O5. The number of nitrogens with one attached hydrogen (secondary N) is 1. The summed E-state index contributed by atoms with van der Waals surface area (Å²) in [6.45, 7) is 0.441. The topological polar surface area (TPSA) is 118 Å². The van der Waals surface area contributed by atoms with Gasteiger partial charge in [0.1, 0.15) is 12.4 Å². The molecule has 36 heavy (non-hydrogen) atoms. The van der Waals surface area contributed by atoms with Crippen LogP contribution in [0, 0.1) is 5.82 Å². The van der Waals surface area contributed by atoms with Crippen LogP contribution in [0.25, 0.3) is 11.3 Å². The van der Waals surface area contributed by atoms with Gasteiger partial charge in [0.25, 0.3) is 5.91 Å². The lowest BCUT2D eigenvalue weighted by atomic mass is 10.1. The van der Waals surface area contributed by atoms with E-state index in [1.807, 2.05) is 0 Å². The molecule has 14 heteroatoms. The van der Waals surface area contributed by atoms with E-state index in [2.05, 4.69) is 15.2 Å². The highest BCUT2D eigenvalue weighted by atomic mass is 35.5. The summed E-state index contributed by atoms with van der Waals surface area (Å²) >= 11 is 6.25. The largest absolute Gasteiger partial charge is 0.492 e. The molecule has 3 N–H and O–H groups in total. The molecule has 0 bridgehead atoms. The Morgan fingerprint density at radius 1 is 1.19 bits per heavy atom. The van der Waals surface area contributed by atoms with Crippen molar-refractivity contribution in [1.29, 1.82) is 0 Å². The highest BCUT2D eigenvalue weighted by Gasteiger charge is 2.42. The number of carbonyl (C=O) groups excluding carboxylic acids is 2. The Balaban J connectivity index is 1.93. The number of amides is 1. The van der Waals surface area contributed by atoms with Crippen molar-refractivity contribution in [2.75, 3.05) is 25.6 Å². The number of esters is 1. The van der Waals surface area contributed by atoms with E-state index in [1.54, 1.807) is 13.1 Å². The monoisotopic (exact) mass is 530 g/mol. The summed E-state index contributed by atoms with van der Waals surface area (Å²) in [4.78, 5) is 23.9. The van der Waals surface area contributed by atoms with Gasteiger partial charge in [0, 0.05) is 24.8 Å². The van der Waals surface area contributed by atoms with Gasteiger partial charge in [-0.2, -0.15) is 18.3 Å². The molecular weight excluding hydrogens is 512 g/mol. The van der Waals surface area contributed by atoms with E-state index in [0.29, 0.717) is 22.0 Å². The predicted octanol–water partition coefficient (Wildman–Crippen LogP) is 3.95. The lowest BCUT2D eigenvalue weighted by molar-refractivity contribution is -0.189. The van der Waals surface area contributed by atoms with Gasteiger partial charge in [-0.3, -0.25) is 9.48 Å². The molecule has 0 radical (unpaired) electrons. The van der Waals surface area contributed by atoms with Crippen molar-refractivity contribution in [3.05, 3.63) is 52.9 Å². The minimum absolute atomic E-state index is 0.199. The Morgan fingerprint density at radius 2 is 1.89 bits per heavy atom. The van der Waals surface area contributed by atoms with Gasteiger partial charge in [-0.15, -0.1) is 0 Å². The average molecular weight is 531 g/mol. The summed E-state index contributed by atoms with van der Waals surface area (Å²) < 4.78 is 68.4. The minimum atomic E-state index is -5.31. The van der Waals surface area contributed by atoms with E-state index in [4.69, 9.17) is 26.8 Å². The molecule has 3 rings (SSSR count). The first-order valence-electron chi connectivity index (χ1n) is 10.1. The van der Waals surface area contributed by atoms with Crippen LogP contribution in [0.15, 0.2) is 36.5 Å². The van der Waals surface area contributed by atoms with Gasteiger partial charge in [0.2, 0.25) is 0 Å². The molecule has 9 nitrogen and oxygen atoms in total. The molecule has 0 aliphatic heterocycles. The standard InChI is InChI=1S/C22H19ClF4N4O5/c1-31-18(14(23)10-29-31)13-9-11(3-5-15(13)35-8-7-28)30-20(32)12-4-6-16(19(34-2)17(12)24)36-21(33)22(25,26)27/h3-6,9-10H,7-8,28H2,1-2H3,(H,30,32). The third-order valence-electron chi connectivity index (χ3n) is 4.71. The Morgan fingerprint density at radius 3 is 2.47 bits per heavy atom. The Bertz CT molecular complexity index is 1280. The van der Waals surface area contributed by atoms with E-state index in [9.17, 15) is 27.2 Å². The molecule has 0 fully saturated rings. The Hall–Kier alpha value is -3.84. The summed E-state index contributed by atoms with van der Waals surface area (Å²) in [6, 6.07) is 6.20. The minimum Gasteiger partial charge on any atom is -0.492 e. The van der Waals surface area contributed by atoms with Crippen LogP contribution in [0.5, 0.6) is 17.2 Å². The van der Waals surface area contributed by atoms with Crippen LogP contribution in [-0.2, 0) is 11.8 Å². The number of benzene rings is 2. The molecule has 0 atom stereocenters. The van der Waals surface area contributed by atoms with Crippen LogP contribution >= 0.6 is 11.6 Å². The molecule has 0 saturated heterocycles. The summed E-state index contributed by atoms with van der Waals surface area (Å²) in [5, 5.41) is 6.86. The molecule has 0 aliphatic carbocycles. The molecule has 0 aliphatic rings. The number of nitrogens with zero attached hydrogens (tertiary/aromatic N) is 2. The van der Waals surface area contributed by atoms with Crippen molar-refractivity contribution in [1.82, 2.24) is 9.78 Å². The number of aryl methyl sites for hydroxylation is 1. The maximum atomic E-state index is 14.9. The van der Waals surface area contributed by atoms with Crippen molar-refractivity contribution in [2.45, 2.75) is 6.18 Å². The van der Waals surface area contributed by atoms with Crippen molar-refractivity contribution in [3.63, 3.8) is 0 Å². The number of halogens is 5. The van der Waals surface area contributed by atoms with Crippen LogP contribution in [0.4, 0.5) is 23.2 Å². The summed E-state index contributed by atoms with van der Waals surface area (Å²) in [5.74, 6) is -6.17. The van der Waals surface area contributed by atoms with Gasteiger partial charge >= 0.3 is 12.1 Å². The quantitative estimate of drug-likeness (QED) is 0.257. The third kappa shape index (κ3) is 5.69. The van der Waals surface area contributed by atoms with Gasteiger partial charge in [-0.05, 0) is 30.3 Å². The number of rotatable bonds is 8. The summed E-state index contributed by atoms with van der Waals surface area (Å²) in [5.41, 5.74) is 6.06. The van der Waals surface area contributed by atoms with E-state index >= 15 is 0 Å². The van der Waals surface area contributed by atoms with Crippen LogP contribution in [-0.4, -0.2) is 48.1 Å². The van der Waals surface area contributed by atoms with Crippen molar-refractivity contribution >= 4 is 29.2 Å². The number of anilines is 1. The molecule has 0 saturated carbocycles. The van der Waals surface area contributed by atoms with Gasteiger partial charge in [0.05, 0.1) is 29.6 Å². The second-order valence-corrected chi connectivity index (χ2v) is 7.52. The van der Waals surface area contributed by atoms with Gasteiger partial charge < -0.3 is 25.3 Å². The van der Waals surface area contributed by atoms with Crippen molar-refractivity contribution < 1.29 is 41.4 Å². The SMILES string of the molecule is COc1c(OC(=O)C(F)(F)F)ccc(C(=O)Nc2ccc(OCCN)c(-c3c(Cl)cnn3C)c2)c1F. The van der Waals surface area contributed by atoms with Crippen LogP contribution in [0.1, 0.15) is 10.4 Å². The molecule has 1 amide bonds. The average Bonchev–Trinajstić information content (AvgIpc) is 3.15. The Kier molecular flexibility index (Phi) is 8.05. The predicted molar refractivity (Wildman–Crippen MR) is 121 cm³/mol. The zero-order valence-electron chi connectivity index (χ0n) is 18.8. The van der Waals surface area contributed by atoms with Gasteiger partial charge in [0.15, 0.2) is 17.3 Å². The number of alkyl halides is 3. The van der Waals surface area contributed by atoms with Crippen LogP contribution in [0.2, 0.25) is 5.02 Å². The van der Waals surface area contributed by atoms with E-state index in [-0.39, 0.29) is 18.8 Å². The normalized spacial score (nSPS) is 11.2. The third-order valence-corrected chi connectivity index (χ3v) is 4.98. The zero-order chi connectivity index (χ0) is 26.6. The number of carbonyl (C=O) groups is 2. The first-order valence-corrected chi connectivity index (χ1v) is 10.5. The highest BCUT2D eigenvalue weighted by molar-refractivity contribution is 6.33. The second kappa shape index (κ2) is 10.8. The maximum absolute atomic E-state index is 14.9. The van der Waals surface area contributed by atoms with Crippen LogP contribution in [0.3, 0.4) is 0 Å². The Labute approximate surface area is 206 Å². The fraction of sp³-hybridized carbons (Fsp3) is 0.227. The number of aromatic nitrogens is 2. The van der Waals surface area contributed by atoms with Gasteiger partial charge in [-0.1, -0.05) is 11.6 Å². The van der Waals surface area contributed by atoms with Crippen molar-refractivity contribution in [3.8, 4) is 28.5 Å². The zero-order valence-corrected chi connectivity index (χ0v) is 19.5. The first-order chi connectivity index (χ1) is 17.0. The molecule has 1 heterocycles. The smallest absolute Gasteiger partial charge is 0.491 e. The van der Waals surface area contributed by atoms with Crippen LogP contribution < -0.4 is 25.3 Å². The lowest BCUT2D eigenvalue weighted by Crippen LogP contribution is -2.28. The number of hydrogen-bond acceptors (Lipinski definition) is 7. The lowest BCUT2D eigenvalue weighted by Gasteiger charge is -2.15. The number of methoxy groups -OCH3 is 1. The van der Waals surface area contributed by atoms with E-state index in [0.717, 1.165) is 19.2 Å². The number of nitrogens with two attached hydrogens (primary N) is 1.